The molecule has 2 aromatic heterocycles. The van der Waals surface area contributed by atoms with Crippen molar-refractivity contribution in [3.8, 4) is 5.75 Å². The van der Waals surface area contributed by atoms with Crippen molar-refractivity contribution in [3.63, 3.8) is 0 Å². The van der Waals surface area contributed by atoms with E-state index in [-0.39, 0.29) is 24.0 Å². The Bertz CT molecular complexity index is 1390. The predicted molar refractivity (Wildman–Crippen MR) is 143 cm³/mol. The topological polar surface area (TPSA) is 176 Å². The standard InChI is InChI=1S/C24H33FN7O7P/c1-6-36-21(34)14(2)30-40(35,39-15-10-8-7-9-11-15)37-12-16-18(33)24(3,25)22(38-16)32-13-27-17-19(31(4)5)28-23(26)29-20(17)32/h7-11,13-14,16,18,22,33H,6,12H2,1-5H3,(H,30,35)(H2,26,28,29)/t14-,16-,18-,22-,24-,40+/m1/s1. The Morgan fingerprint density at radius 3 is 2.70 bits per heavy atom. The molecule has 1 fully saturated rings. The molecule has 3 aromatic rings. The van der Waals surface area contributed by atoms with Gasteiger partial charge in [-0.3, -0.25) is 13.9 Å². The number of aliphatic hydroxyl groups excluding tert-OH is 1. The van der Waals surface area contributed by atoms with Crippen LogP contribution in [0.15, 0.2) is 36.7 Å². The number of rotatable bonds is 11. The molecule has 0 saturated carbocycles. The van der Waals surface area contributed by atoms with Gasteiger partial charge in [-0.2, -0.15) is 15.1 Å². The molecule has 4 rings (SSSR count). The summed E-state index contributed by atoms with van der Waals surface area (Å²) in [5.74, 6) is -0.130. The Hall–Kier alpha value is -3.36. The van der Waals surface area contributed by atoms with Gasteiger partial charge in [-0.15, -0.1) is 0 Å². The maximum Gasteiger partial charge on any atom is 0.459 e. The fourth-order valence-corrected chi connectivity index (χ4v) is 5.69. The first-order valence-electron chi connectivity index (χ1n) is 12.5. The molecule has 3 heterocycles. The Morgan fingerprint density at radius 1 is 1.35 bits per heavy atom. The molecule has 14 nitrogen and oxygen atoms in total. The van der Waals surface area contributed by atoms with E-state index in [4.69, 9.17) is 24.3 Å². The van der Waals surface area contributed by atoms with Crippen molar-refractivity contribution >= 4 is 36.6 Å². The zero-order chi connectivity index (χ0) is 29.2. The van der Waals surface area contributed by atoms with E-state index in [0.717, 1.165) is 6.92 Å². The normalized spacial score (nSPS) is 24.9. The molecule has 0 unspecified atom stereocenters. The second-order valence-corrected chi connectivity index (χ2v) is 11.2. The number of benzene rings is 1. The van der Waals surface area contributed by atoms with Crippen molar-refractivity contribution in [1.29, 1.82) is 0 Å². The van der Waals surface area contributed by atoms with E-state index in [2.05, 4.69) is 20.0 Å². The molecule has 1 aliphatic rings. The molecular weight excluding hydrogens is 548 g/mol. The second kappa shape index (κ2) is 11.6. The number of aliphatic hydroxyl groups is 1. The summed E-state index contributed by atoms with van der Waals surface area (Å²) >= 11 is 0. The van der Waals surface area contributed by atoms with Crippen LogP contribution in [0.4, 0.5) is 16.2 Å². The summed E-state index contributed by atoms with van der Waals surface area (Å²) < 4.78 is 53.0. The van der Waals surface area contributed by atoms with Crippen LogP contribution in [0.1, 0.15) is 27.0 Å². The number of hydrogen-bond donors (Lipinski definition) is 3. The lowest BCUT2D eigenvalue weighted by Gasteiger charge is -2.25. The molecule has 1 saturated heterocycles. The number of para-hydroxylation sites is 1. The average Bonchev–Trinajstić information content (AvgIpc) is 3.40. The summed E-state index contributed by atoms with van der Waals surface area (Å²) in [5.41, 5.74) is 4.07. The number of ether oxygens (including phenoxy) is 2. The van der Waals surface area contributed by atoms with E-state index in [0.29, 0.717) is 11.3 Å². The number of hydrogen-bond acceptors (Lipinski definition) is 12. The predicted octanol–water partition coefficient (Wildman–Crippen LogP) is 2.21. The summed E-state index contributed by atoms with van der Waals surface area (Å²) in [4.78, 5) is 26.5. The first-order valence-corrected chi connectivity index (χ1v) is 14.0. The van der Waals surface area contributed by atoms with E-state index in [1.54, 1.807) is 56.3 Å². The number of esters is 1. The summed E-state index contributed by atoms with van der Waals surface area (Å²) in [5, 5.41) is 13.4. The summed E-state index contributed by atoms with van der Waals surface area (Å²) in [6, 6.07) is 7.06. The van der Waals surface area contributed by atoms with Gasteiger partial charge in [-0.1, -0.05) is 18.2 Å². The summed E-state index contributed by atoms with van der Waals surface area (Å²) in [6.45, 7) is 3.78. The first kappa shape index (κ1) is 29.6. The number of anilines is 2. The van der Waals surface area contributed by atoms with Crippen LogP contribution in [0.3, 0.4) is 0 Å². The zero-order valence-corrected chi connectivity index (χ0v) is 23.6. The molecule has 6 atom stereocenters. The Kier molecular flexibility index (Phi) is 8.61. The van der Waals surface area contributed by atoms with Gasteiger partial charge in [0.05, 0.1) is 19.5 Å². The minimum Gasteiger partial charge on any atom is -0.465 e. The summed E-state index contributed by atoms with van der Waals surface area (Å²) in [7, 11) is -0.774. The quantitative estimate of drug-likeness (QED) is 0.222. The van der Waals surface area contributed by atoms with Gasteiger partial charge in [0, 0.05) is 14.1 Å². The monoisotopic (exact) mass is 581 g/mol. The lowest BCUT2D eigenvalue weighted by Crippen LogP contribution is -2.41. The lowest BCUT2D eigenvalue weighted by molar-refractivity contribution is -0.144. The van der Waals surface area contributed by atoms with Crippen molar-refractivity contribution in [2.45, 2.75) is 50.9 Å². The molecule has 0 amide bonds. The van der Waals surface area contributed by atoms with Crippen molar-refractivity contribution in [1.82, 2.24) is 24.6 Å². The number of nitrogens with one attached hydrogen (secondary N) is 1. The van der Waals surface area contributed by atoms with Crippen LogP contribution < -0.4 is 20.2 Å². The SMILES string of the molecule is CCOC(=O)[C@@H](C)N[P@](=O)(OC[C@H]1O[C@@H](n2cnc3c(N(C)C)nc(N)nc32)[C@](C)(F)[C@@H]1O)Oc1ccccc1. The van der Waals surface area contributed by atoms with Crippen molar-refractivity contribution in [2.24, 2.45) is 0 Å². The van der Waals surface area contributed by atoms with Gasteiger partial charge in [-0.25, -0.2) is 13.9 Å². The number of carbonyl (C=O) groups excluding carboxylic acids is 1. The van der Waals surface area contributed by atoms with Crippen molar-refractivity contribution in [3.05, 3.63) is 36.7 Å². The third kappa shape index (κ3) is 6.03. The van der Waals surface area contributed by atoms with Crippen LogP contribution in [0.25, 0.3) is 11.2 Å². The Balaban J connectivity index is 1.58. The van der Waals surface area contributed by atoms with Crippen molar-refractivity contribution < 1.29 is 37.4 Å². The van der Waals surface area contributed by atoms with Crippen LogP contribution in [0, 0.1) is 0 Å². The average molecular weight is 582 g/mol. The summed E-state index contributed by atoms with van der Waals surface area (Å²) in [6.07, 6.45) is -3.09. The largest absolute Gasteiger partial charge is 0.465 e. The molecule has 0 spiro atoms. The lowest BCUT2D eigenvalue weighted by atomic mass is 9.98. The number of nitrogen functional groups attached to an aromatic ring is 1. The fourth-order valence-electron chi connectivity index (χ4n) is 4.19. The van der Waals surface area contributed by atoms with Gasteiger partial charge in [0.25, 0.3) is 0 Å². The zero-order valence-electron chi connectivity index (χ0n) is 22.7. The number of alkyl halides is 1. The maximum atomic E-state index is 16.0. The van der Waals surface area contributed by atoms with Crippen molar-refractivity contribution in [2.75, 3.05) is 37.9 Å². The van der Waals surface area contributed by atoms with E-state index in [1.165, 1.54) is 17.8 Å². The third-order valence-corrected chi connectivity index (χ3v) is 7.83. The van der Waals surface area contributed by atoms with Crippen LogP contribution in [-0.2, 0) is 23.4 Å². The van der Waals surface area contributed by atoms with Gasteiger partial charge < -0.3 is 29.7 Å². The number of carbonyl (C=O) groups is 1. The van der Waals surface area contributed by atoms with Crippen LogP contribution >= 0.6 is 7.75 Å². The van der Waals surface area contributed by atoms with Crippen LogP contribution in [0.2, 0.25) is 0 Å². The molecule has 0 radical (unpaired) electrons. The molecule has 40 heavy (non-hydrogen) atoms. The second-order valence-electron chi connectivity index (χ2n) is 9.55. The number of nitrogens with zero attached hydrogens (tertiary/aromatic N) is 5. The Morgan fingerprint density at radius 2 is 2.05 bits per heavy atom. The van der Waals surface area contributed by atoms with Gasteiger partial charge in [0.2, 0.25) is 5.95 Å². The number of aromatic nitrogens is 4. The molecule has 1 aliphatic heterocycles. The number of halogens is 1. The highest BCUT2D eigenvalue weighted by Crippen LogP contribution is 2.48. The van der Waals surface area contributed by atoms with Crippen LogP contribution in [-0.4, -0.2) is 81.8 Å². The molecule has 1 aromatic carbocycles. The van der Waals surface area contributed by atoms with Crippen LogP contribution in [0.5, 0.6) is 5.75 Å². The fraction of sp³-hybridized carbons (Fsp3) is 0.500. The number of fused-ring (bicyclic) bond motifs is 1. The van der Waals surface area contributed by atoms with Gasteiger partial charge in [-0.05, 0) is 32.9 Å². The molecular formula is C24H33FN7O7P. The molecule has 16 heteroatoms. The number of imidazole rings is 1. The van der Waals surface area contributed by atoms with E-state index < -0.39 is 50.5 Å². The minimum atomic E-state index is -4.27. The van der Waals surface area contributed by atoms with E-state index in [1.807, 2.05) is 0 Å². The van der Waals surface area contributed by atoms with E-state index >= 15 is 4.39 Å². The smallest absolute Gasteiger partial charge is 0.459 e. The molecule has 0 bridgehead atoms. The third-order valence-electron chi connectivity index (χ3n) is 6.18. The maximum absolute atomic E-state index is 16.0. The highest BCUT2D eigenvalue weighted by atomic mass is 31.2. The number of nitrogens with two attached hydrogens (primary N) is 1. The highest BCUT2D eigenvalue weighted by Gasteiger charge is 2.56. The molecule has 4 N–H and O–H groups in total. The highest BCUT2D eigenvalue weighted by molar-refractivity contribution is 7.52. The van der Waals surface area contributed by atoms with Gasteiger partial charge >= 0.3 is 13.7 Å². The molecule has 218 valence electrons. The van der Waals surface area contributed by atoms with E-state index in [9.17, 15) is 14.5 Å². The minimum absolute atomic E-state index is 0.0577. The Labute approximate surface area is 230 Å². The molecule has 0 aliphatic carbocycles. The van der Waals surface area contributed by atoms with Gasteiger partial charge in [0.15, 0.2) is 28.9 Å². The first-order chi connectivity index (χ1) is 18.9. The van der Waals surface area contributed by atoms with Gasteiger partial charge in [0.1, 0.15) is 24.0 Å².